The van der Waals surface area contributed by atoms with Crippen LogP contribution >= 0.6 is 12.2 Å². The summed E-state index contributed by atoms with van der Waals surface area (Å²) in [6.45, 7) is 6.06. The summed E-state index contributed by atoms with van der Waals surface area (Å²) in [5.74, 6) is -0.347. The largest absolute Gasteiger partial charge is 0.463 e. The number of nitrogens with zero attached hydrogens (tertiary/aromatic N) is 1. The predicted octanol–water partition coefficient (Wildman–Crippen LogP) is 1.14. The van der Waals surface area contributed by atoms with Gasteiger partial charge in [0.25, 0.3) is 5.56 Å². The number of aromatic amines is 1. The van der Waals surface area contributed by atoms with Crippen LogP contribution in [-0.2, 0) is 25.5 Å². The van der Waals surface area contributed by atoms with Crippen LogP contribution in [0.5, 0.6) is 0 Å². The fourth-order valence-electron chi connectivity index (χ4n) is 1.47. The van der Waals surface area contributed by atoms with Gasteiger partial charge < -0.3 is 18.8 Å². The molecular weight excluding hydrogens is 308 g/mol. The van der Waals surface area contributed by atoms with Crippen LogP contribution in [0, 0.1) is 10.7 Å². The summed E-state index contributed by atoms with van der Waals surface area (Å²) in [5, 5.41) is 0. The van der Waals surface area contributed by atoms with Crippen molar-refractivity contribution >= 4 is 18.2 Å². The second-order valence-corrected chi connectivity index (χ2v) is 5.24. The first kappa shape index (κ1) is 18.5. The molecule has 124 valence electrons. The smallest absolute Gasteiger partial charge is 0.308 e. The molecule has 0 bridgehead atoms. The molecular formula is C14H22N2O5S. The van der Waals surface area contributed by atoms with E-state index < -0.39 is 0 Å². The van der Waals surface area contributed by atoms with E-state index in [1.165, 1.54) is 6.07 Å². The molecule has 0 atom stereocenters. The van der Waals surface area contributed by atoms with Crippen molar-refractivity contribution in [2.24, 2.45) is 5.92 Å². The molecule has 0 saturated heterocycles. The summed E-state index contributed by atoms with van der Waals surface area (Å²) >= 11 is 5.01. The summed E-state index contributed by atoms with van der Waals surface area (Å²) in [7, 11) is 0. The molecule has 0 saturated carbocycles. The zero-order chi connectivity index (χ0) is 16.4. The molecule has 0 aliphatic carbocycles. The van der Waals surface area contributed by atoms with E-state index in [2.05, 4.69) is 4.98 Å². The lowest BCUT2D eigenvalue weighted by Crippen LogP contribution is -2.17. The van der Waals surface area contributed by atoms with Gasteiger partial charge >= 0.3 is 5.97 Å². The van der Waals surface area contributed by atoms with E-state index in [-0.39, 0.29) is 24.1 Å². The highest BCUT2D eigenvalue weighted by Crippen LogP contribution is 1.95. The number of aromatic nitrogens is 2. The van der Waals surface area contributed by atoms with Crippen molar-refractivity contribution in [2.45, 2.75) is 20.4 Å². The molecule has 0 amide bonds. The van der Waals surface area contributed by atoms with Gasteiger partial charge in [-0.15, -0.1) is 0 Å². The number of rotatable bonds is 10. The molecule has 1 heterocycles. The van der Waals surface area contributed by atoms with E-state index >= 15 is 0 Å². The van der Waals surface area contributed by atoms with Crippen molar-refractivity contribution in [3.8, 4) is 0 Å². The number of nitrogens with one attached hydrogen (secondary N) is 1. The van der Waals surface area contributed by atoms with Gasteiger partial charge in [-0.1, -0.05) is 13.8 Å². The molecule has 22 heavy (non-hydrogen) atoms. The lowest BCUT2D eigenvalue weighted by molar-refractivity contribution is -0.149. The van der Waals surface area contributed by atoms with Crippen LogP contribution in [0.2, 0.25) is 0 Å². The zero-order valence-corrected chi connectivity index (χ0v) is 13.7. The van der Waals surface area contributed by atoms with Gasteiger partial charge in [0.05, 0.1) is 32.3 Å². The number of H-pyrrole nitrogens is 1. The summed E-state index contributed by atoms with van der Waals surface area (Å²) in [4.78, 5) is 24.7. The van der Waals surface area contributed by atoms with Gasteiger partial charge in [-0.25, -0.2) is 0 Å². The highest BCUT2D eigenvalue weighted by atomic mass is 32.1. The van der Waals surface area contributed by atoms with Crippen molar-refractivity contribution in [2.75, 3.05) is 33.0 Å². The van der Waals surface area contributed by atoms with Crippen molar-refractivity contribution in [1.82, 2.24) is 9.55 Å². The number of ether oxygens (including phenoxy) is 3. The van der Waals surface area contributed by atoms with Crippen molar-refractivity contribution in [3.63, 3.8) is 0 Å². The predicted molar refractivity (Wildman–Crippen MR) is 83.3 cm³/mol. The first-order valence-electron chi connectivity index (χ1n) is 7.12. The van der Waals surface area contributed by atoms with Gasteiger partial charge in [0.15, 0.2) is 4.77 Å². The van der Waals surface area contributed by atoms with Gasteiger partial charge in [-0.2, -0.15) is 0 Å². The summed E-state index contributed by atoms with van der Waals surface area (Å²) in [6, 6.07) is 1.41. The second kappa shape index (κ2) is 10.3. The summed E-state index contributed by atoms with van der Waals surface area (Å²) < 4.78 is 17.7. The van der Waals surface area contributed by atoms with Gasteiger partial charge in [0.1, 0.15) is 6.61 Å². The molecule has 0 aromatic carbocycles. The third-order valence-corrected chi connectivity index (χ3v) is 3.03. The third kappa shape index (κ3) is 7.48. The number of esters is 1. The summed E-state index contributed by atoms with van der Waals surface area (Å²) in [5.41, 5.74) is -0.214. The topological polar surface area (TPSA) is 82.6 Å². The Bertz CT molecular complexity index is 567. The van der Waals surface area contributed by atoms with E-state index in [9.17, 15) is 9.59 Å². The van der Waals surface area contributed by atoms with Gasteiger partial charge in [0.2, 0.25) is 0 Å². The van der Waals surface area contributed by atoms with Gasteiger partial charge in [-0.3, -0.25) is 14.6 Å². The molecule has 0 aliphatic rings. The van der Waals surface area contributed by atoms with E-state index in [0.29, 0.717) is 37.7 Å². The molecule has 1 aromatic heterocycles. The van der Waals surface area contributed by atoms with Crippen LogP contribution in [0.4, 0.5) is 0 Å². The van der Waals surface area contributed by atoms with Crippen molar-refractivity contribution in [3.05, 3.63) is 27.4 Å². The van der Waals surface area contributed by atoms with Crippen molar-refractivity contribution in [1.29, 1.82) is 0 Å². The Morgan fingerprint density at radius 3 is 2.50 bits per heavy atom. The Hall–Kier alpha value is -1.51. The maximum atomic E-state index is 11.2. The van der Waals surface area contributed by atoms with Crippen LogP contribution in [0.3, 0.4) is 0 Å². The van der Waals surface area contributed by atoms with Gasteiger partial charge in [0, 0.05) is 18.8 Å². The monoisotopic (exact) mass is 330 g/mol. The Morgan fingerprint density at radius 1 is 1.23 bits per heavy atom. The minimum absolute atomic E-state index is 0.122. The molecule has 1 rings (SSSR count). The van der Waals surface area contributed by atoms with Crippen LogP contribution in [0.15, 0.2) is 17.1 Å². The van der Waals surface area contributed by atoms with Crippen molar-refractivity contribution < 1.29 is 19.0 Å². The van der Waals surface area contributed by atoms with Gasteiger partial charge in [-0.05, 0) is 12.2 Å². The Kier molecular flexibility index (Phi) is 8.64. The summed E-state index contributed by atoms with van der Waals surface area (Å²) in [6.07, 6.45) is 1.63. The average molecular weight is 330 g/mol. The molecule has 0 spiro atoms. The quantitative estimate of drug-likeness (QED) is 0.393. The fourth-order valence-corrected chi connectivity index (χ4v) is 1.73. The zero-order valence-electron chi connectivity index (χ0n) is 12.9. The van der Waals surface area contributed by atoms with Crippen LogP contribution < -0.4 is 5.56 Å². The molecule has 7 nitrogen and oxygen atoms in total. The van der Waals surface area contributed by atoms with E-state index in [0.717, 1.165) is 0 Å². The lowest BCUT2D eigenvalue weighted by atomic mass is 10.2. The first-order valence-corrected chi connectivity index (χ1v) is 7.53. The molecule has 0 fully saturated rings. The number of carbonyl (C=O) groups excluding carboxylic acids is 1. The SMILES string of the molecule is CC(C)C(=O)OCCOCCOCCn1ccc(=O)[nH]c1=S. The molecule has 0 radical (unpaired) electrons. The second-order valence-electron chi connectivity index (χ2n) is 4.85. The standard InChI is InChI=1S/C14H22N2O5S/c1-11(2)13(18)21-10-9-20-8-7-19-6-5-16-4-3-12(17)15-14(16)22/h3-4,11H,5-10H2,1-2H3,(H,15,17,22). The Balaban J connectivity index is 2.01. The number of hydrogen-bond donors (Lipinski definition) is 1. The molecule has 1 N–H and O–H groups in total. The minimum Gasteiger partial charge on any atom is -0.463 e. The molecule has 8 heteroatoms. The maximum absolute atomic E-state index is 11.2. The molecule has 0 unspecified atom stereocenters. The molecule has 0 aliphatic heterocycles. The highest BCUT2D eigenvalue weighted by Gasteiger charge is 2.06. The third-order valence-electron chi connectivity index (χ3n) is 2.69. The normalized spacial score (nSPS) is 10.9. The van der Waals surface area contributed by atoms with Crippen LogP contribution in [0.25, 0.3) is 0 Å². The maximum Gasteiger partial charge on any atom is 0.308 e. The fraction of sp³-hybridized carbons (Fsp3) is 0.643. The number of carbonyl (C=O) groups is 1. The van der Waals surface area contributed by atoms with E-state index in [1.54, 1.807) is 24.6 Å². The van der Waals surface area contributed by atoms with Crippen LogP contribution in [0.1, 0.15) is 13.8 Å². The minimum atomic E-state index is -0.225. The lowest BCUT2D eigenvalue weighted by Gasteiger charge is -2.09. The van der Waals surface area contributed by atoms with E-state index in [1.807, 2.05) is 0 Å². The highest BCUT2D eigenvalue weighted by molar-refractivity contribution is 7.71. The average Bonchev–Trinajstić information content (AvgIpc) is 2.47. The Morgan fingerprint density at radius 2 is 1.86 bits per heavy atom. The Labute approximate surface area is 134 Å². The number of hydrogen-bond acceptors (Lipinski definition) is 6. The van der Waals surface area contributed by atoms with E-state index in [4.69, 9.17) is 26.4 Å². The molecule has 1 aromatic rings. The van der Waals surface area contributed by atoms with Crippen LogP contribution in [-0.4, -0.2) is 48.6 Å². The first-order chi connectivity index (χ1) is 10.5.